The molecule has 0 spiro atoms. The van der Waals surface area contributed by atoms with Crippen LogP contribution in [0.25, 0.3) is 0 Å². The van der Waals surface area contributed by atoms with Crippen molar-refractivity contribution in [2.45, 2.75) is 51.5 Å². The highest BCUT2D eigenvalue weighted by molar-refractivity contribution is 6.30. The molecule has 0 radical (unpaired) electrons. The molecule has 0 atom stereocenters. The third-order valence-corrected chi connectivity index (χ3v) is 4.96. The van der Waals surface area contributed by atoms with Crippen LogP contribution in [0.1, 0.15) is 48.6 Å². The van der Waals surface area contributed by atoms with Gasteiger partial charge in [0.2, 0.25) is 0 Å². The van der Waals surface area contributed by atoms with Crippen LogP contribution in [0, 0.1) is 13.8 Å². The second-order valence-electron chi connectivity index (χ2n) is 6.83. The van der Waals surface area contributed by atoms with Crippen LogP contribution < -0.4 is 11.1 Å². The second kappa shape index (κ2) is 7.87. The van der Waals surface area contributed by atoms with Crippen molar-refractivity contribution in [3.8, 4) is 0 Å². The van der Waals surface area contributed by atoms with Crippen LogP contribution in [0.5, 0.6) is 0 Å². The Kier molecular flexibility index (Phi) is 5.59. The van der Waals surface area contributed by atoms with Crippen molar-refractivity contribution in [3.05, 3.63) is 58.4 Å². The molecule has 1 aliphatic carbocycles. The van der Waals surface area contributed by atoms with E-state index in [2.05, 4.69) is 41.3 Å². The molecule has 1 saturated carbocycles. The van der Waals surface area contributed by atoms with E-state index in [-0.39, 0.29) is 0 Å². The van der Waals surface area contributed by atoms with Crippen LogP contribution in [0.2, 0.25) is 5.02 Å². The Morgan fingerprint density at radius 1 is 1.08 bits per heavy atom. The molecule has 0 unspecified atom stereocenters. The Hall–Kier alpha value is -2.07. The summed E-state index contributed by atoms with van der Waals surface area (Å²) in [7, 11) is 0. The minimum Gasteiger partial charge on any atom is -0.370 e. The first-order valence-electron chi connectivity index (χ1n) is 8.80. The molecule has 1 aromatic heterocycles. The predicted octanol–water partition coefficient (Wildman–Crippen LogP) is 4.80. The maximum absolute atomic E-state index is 6.06. The van der Waals surface area contributed by atoms with Crippen LogP contribution in [0.15, 0.2) is 41.4 Å². The fraction of sp³-hybridized carbons (Fsp3) is 0.400. The van der Waals surface area contributed by atoms with Gasteiger partial charge in [0, 0.05) is 22.1 Å². The van der Waals surface area contributed by atoms with Gasteiger partial charge in [-0.25, -0.2) is 4.99 Å². The van der Waals surface area contributed by atoms with Gasteiger partial charge in [-0.1, -0.05) is 11.6 Å². The van der Waals surface area contributed by atoms with Gasteiger partial charge in [-0.3, -0.25) is 4.98 Å². The zero-order valence-electron chi connectivity index (χ0n) is 14.8. The zero-order chi connectivity index (χ0) is 17.8. The molecule has 0 aliphatic heterocycles. The summed E-state index contributed by atoms with van der Waals surface area (Å²) in [5.41, 5.74) is 10.6. The summed E-state index contributed by atoms with van der Waals surface area (Å²) < 4.78 is 0. The molecule has 3 N–H and O–H groups in total. The Labute approximate surface area is 154 Å². The number of benzene rings is 1. The zero-order valence-corrected chi connectivity index (χ0v) is 15.6. The largest absolute Gasteiger partial charge is 0.370 e. The number of nitrogens with one attached hydrogen (secondary N) is 1. The number of hydrogen-bond acceptors (Lipinski definition) is 2. The van der Waals surface area contributed by atoms with Crippen LogP contribution in [-0.4, -0.2) is 17.0 Å². The molecule has 3 rings (SSSR count). The van der Waals surface area contributed by atoms with E-state index in [0.29, 0.717) is 22.9 Å². The fourth-order valence-corrected chi connectivity index (χ4v) is 3.68. The molecule has 25 heavy (non-hydrogen) atoms. The average molecular weight is 357 g/mol. The summed E-state index contributed by atoms with van der Waals surface area (Å²) in [4.78, 5) is 9.13. The third kappa shape index (κ3) is 4.95. The molecule has 0 bridgehead atoms. The van der Waals surface area contributed by atoms with E-state index in [1.807, 2.05) is 24.3 Å². The highest BCUT2D eigenvalue weighted by atomic mass is 35.5. The number of pyridine rings is 1. The maximum atomic E-state index is 6.06. The number of aliphatic imine (C=N–C) groups is 1. The first-order chi connectivity index (χ1) is 12.0. The predicted molar refractivity (Wildman–Crippen MR) is 105 cm³/mol. The quantitative estimate of drug-likeness (QED) is 0.613. The number of nitrogens with zero attached hydrogens (tertiary/aromatic N) is 2. The number of nitrogens with two attached hydrogens (primary N) is 1. The van der Waals surface area contributed by atoms with Gasteiger partial charge < -0.3 is 11.1 Å². The van der Waals surface area contributed by atoms with Crippen LogP contribution in [0.3, 0.4) is 0 Å². The molecule has 1 aliphatic rings. The van der Waals surface area contributed by atoms with Crippen molar-refractivity contribution >= 4 is 23.2 Å². The molecule has 2 aromatic rings. The van der Waals surface area contributed by atoms with Gasteiger partial charge in [0.1, 0.15) is 0 Å². The molecule has 5 heteroatoms. The highest BCUT2D eigenvalue weighted by Gasteiger charge is 2.22. The van der Waals surface area contributed by atoms with Crippen molar-refractivity contribution in [1.29, 1.82) is 0 Å². The van der Waals surface area contributed by atoms with Crippen molar-refractivity contribution in [2.75, 3.05) is 5.32 Å². The Morgan fingerprint density at radius 3 is 2.28 bits per heavy atom. The van der Waals surface area contributed by atoms with Gasteiger partial charge in [-0.2, -0.15) is 0 Å². The lowest BCUT2D eigenvalue weighted by atomic mass is 9.82. The normalized spacial score (nSPS) is 21.2. The topological polar surface area (TPSA) is 63.3 Å². The highest BCUT2D eigenvalue weighted by Crippen LogP contribution is 2.34. The van der Waals surface area contributed by atoms with E-state index in [4.69, 9.17) is 17.3 Å². The molecular formula is C20H25ClN4. The van der Waals surface area contributed by atoms with E-state index in [0.717, 1.165) is 42.8 Å². The van der Waals surface area contributed by atoms with Gasteiger partial charge >= 0.3 is 0 Å². The number of aromatic nitrogens is 1. The monoisotopic (exact) mass is 356 g/mol. The lowest BCUT2D eigenvalue weighted by molar-refractivity contribution is 0.396. The molecular weight excluding hydrogens is 332 g/mol. The number of hydrogen-bond donors (Lipinski definition) is 2. The van der Waals surface area contributed by atoms with Crippen molar-refractivity contribution < 1.29 is 0 Å². The van der Waals surface area contributed by atoms with Crippen molar-refractivity contribution in [1.82, 2.24) is 4.98 Å². The first-order valence-corrected chi connectivity index (χ1v) is 9.18. The summed E-state index contributed by atoms with van der Waals surface area (Å²) in [6.45, 7) is 4.13. The van der Waals surface area contributed by atoms with E-state index in [1.54, 1.807) is 0 Å². The average Bonchev–Trinajstić information content (AvgIpc) is 2.57. The van der Waals surface area contributed by atoms with Gasteiger partial charge in [0.05, 0.1) is 6.04 Å². The van der Waals surface area contributed by atoms with Crippen LogP contribution in [0.4, 0.5) is 5.69 Å². The number of aryl methyl sites for hydroxylation is 2. The molecule has 1 fully saturated rings. The van der Waals surface area contributed by atoms with Crippen molar-refractivity contribution in [3.63, 3.8) is 0 Å². The second-order valence-corrected chi connectivity index (χ2v) is 7.27. The Balaban J connectivity index is 1.57. The lowest BCUT2D eigenvalue weighted by Gasteiger charge is -2.27. The van der Waals surface area contributed by atoms with E-state index in [1.165, 1.54) is 5.56 Å². The number of halogens is 1. The maximum Gasteiger partial charge on any atom is 0.193 e. The van der Waals surface area contributed by atoms with E-state index in [9.17, 15) is 0 Å². The van der Waals surface area contributed by atoms with Crippen molar-refractivity contribution in [2.24, 2.45) is 10.7 Å². The third-order valence-electron chi connectivity index (χ3n) is 4.71. The van der Waals surface area contributed by atoms with Gasteiger partial charge in [0.15, 0.2) is 5.96 Å². The summed E-state index contributed by atoms with van der Waals surface area (Å²) >= 11 is 5.89. The van der Waals surface area contributed by atoms with E-state index >= 15 is 0 Å². The minimum atomic E-state index is 0.292. The Morgan fingerprint density at radius 2 is 1.68 bits per heavy atom. The summed E-state index contributed by atoms with van der Waals surface area (Å²) in [6.07, 6.45) is 4.42. The Bertz CT molecular complexity index is 727. The standard InChI is InChI=1S/C20H25ClN4/c1-13-11-16(12-14(2)23-13)15-3-7-18(8-4-15)24-20(22)25-19-9-5-17(21)6-10-19/h5-6,9-12,15,18H,3-4,7-8H2,1-2H3,(H3,22,24,25). The molecule has 0 saturated heterocycles. The van der Waals surface area contributed by atoms with Gasteiger partial charge in [-0.15, -0.1) is 0 Å². The molecule has 0 amide bonds. The first kappa shape index (κ1) is 17.7. The van der Waals surface area contributed by atoms with E-state index < -0.39 is 0 Å². The molecule has 132 valence electrons. The van der Waals surface area contributed by atoms with Crippen LogP contribution >= 0.6 is 11.6 Å². The lowest BCUT2D eigenvalue weighted by Crippen LogP contribution is -2.26. The number of rotatable bonds is 3. The smallest absolute Gasteiger partial charge is 0.193 e. The van der Waals surface area contributed by atoms with Gasteiger partial charge in [-0.05, 0) is 87.4 Å². The SMILES string of the molecule is Cc1cc(C2CCC(N=C(N)Nc3ccc(Cl)cc3)CC2)cc(C)n1. The molecule has 1 heterocycles. The fourth-order valence-electron chi connectivity index (χ4n) is 3.55. The summed E-state index contributed by atoms with van der Waals surface area (Å²) in [5, 5.41) is 3.84. The summed E-state index contributed by atoms with van der Waals surface area (Å²) in [6, 6.07) is 12.2. The minimum absolute atomic E-state index is 0.292. The van der Waals surface area contributed by atoms with Gasteiger partial charge in [0.25, 0.3) is 0 Å². The number of guanidine groups is 1. The van der Waals surface area contributed by atoms with Crippen LogP contribution in [-0.2, 0) is 0 Å². The number of anilines is 1. The summed E-state index contributed by atoms with van der Waals surface area (Å²) in [5.74, 6) is 1.08. The molecule has 1 aromatic carbocycles. The molecule has 4 nitrogen and oxygen atoms in total.